The van der Waals surface area contributed by atoms with Crippen molar-refractivity contribution in [2.75, 3.05) is 5.32 Å². The Balaban J connectivity index is 1.78. The van der Waals surface area contributed by atoms with Gasteiger partial charge >= 0.3 is 6.09 Å². The third kappa shape index (κ3) is 6.87. The molecule has 1 aliphatic carbocycles. The first-order chi connectivity index (χ1) is 12.2. The lowest BCUT2D eigenvalue weighted by molar-refractivity contribution is 0.0635. The maximum absolute atomic E-state index is 12.1. The molecule has 0 atom stereocenters. The van der Waals surface area contributed by atoms with Crippen LogP contribution in [0.15, 0.2) is 24.3 Å². The van der Waals surface area contributed by atoms with Gasteiger partial charge in [0.05, 0.1) is 0 Å². The second-order valence-corrected chi connectivity index (χ2v) is 7.65. The summed E-state index contributed by atoms with van der Waals surface area (Å²) in [5.74, 6) is -0.315. The fraction of sp³-hybridized carbons (Fsp3) is 0.500. The van der Waals surface area contributed by atoms with E-state index in [-0.39, 0.29) is 5.91 Å². The summed E-state index contributed by atoms with van der Waals surface area (Å²) in [6.07, 6.45) is 4.07. The first-order valence-corrected chi connectivity index (χ1v) is 9.11. The maximum Gasteiger partial charge on any atom is 0.412 e. The summed E-state index contributed by atoms with van der Waals surface area (Å²) < 4.78 is 5.18. The van der Waals surface area contributed by atoms with Crippen LogP contribution in [0.4, 0.5) is 10.5 Å². The van der Waals surface area contributed by atoms with E-state index in [1.807, 2.05) is 0 Å². The van der Waals surface area contributed by atoms with Crippen LogP contribution in [0.3, 0.4) is 0 Å². The van der Waals surface area contributed by atoms with Crippen molar-refractivity contribution in [2.24, 2.45) is 0 Å². The highest BCUT2D eigenvalue weighted by atomic mass is 32.1. The minimum absolute atomic E-state index is 0.315. The molecule has 26 heavy (non-hydrogen) atoms. The van der Waals surface area contributed by atoms with Crippen molar-refractivity contribution in [1.82, 2.24) is 16.2 Å². The van der Waals surface area contributed by atoms with Crippen molar-refractivity contribution in [3.63, 3.8) is 0 Å². The van der Waals surface area contributed by atoms with Gasteiger partial charge in [0.1, 0.15) is 5.60 Å². The molecular formula is C18H26N4O3S. The quantitative estimate of drug-likeness (QED) is 0.477. The molecule has 0 spiro atoms. The Morgan fingerprint density at radius 2 is 1.69 bits per heavy atom. The molecule has 1 aliphatic rings. The Morgan fingerprint density at radius 1 is 1.08 bits per heavy atom. The molecule has 1 aromatic rings. The van der Waals surface area contributed by atoms with Crippen molar-refractivity contribution in [1.29, 1.82) is 0 Å². The number of benzene rings is 1. The predicted octanol–water partition coefficient (Wildman–Crippen LogP) is 3.09. The van der Waals surface area contributed by atoms with Crippen molar-refractivity contribution in [3.8, 4) is 0 Å². The van der Waals surface area contributed by atoms with E-state index in [4.69, 9.17) is 17.0 Å². The molecule has 2 amide bonds. The van der Waals surface area contributed by atoms with Crippen molar-refractivity contribution in [2.45, 2.75) is 58.1 Å². The predicted molar refractivity (Wildman–Crippen MR) is 105 cm³/mol. The van der Waals surface area contributed by atoms with Crippen molar-refractivity contribution < 1.29 is 14.3 Å². The van der Waals surface area contributed by atoms with E-state index in [0.717, 1.165) is 12.8 Å². The van der Waals surface area contributed by atoms with Crippen LogP contribution < -0.4 is 21.5 Å². The molecule has 0 heterocycles. The van der Waals surface area contributed by atoms with Gasteiger partial charge in [-0.1, -0.05) is 12.8 Å². The van der Waals surface area contributed by atoms with Crippen molar-refractivity contribution >= 4 is 35.0 Å². The van der Waals surface area contributed by atoms with Crippen molar-refractivity contribution in [3.05, 3.63) is 29.8 Å². The summed E-state index contributed by atoms with van der Waals surface area (Å²) in [6, 6.07) is 6.86. The molecule has 8 heteroatoms. The number of anilines is 1. The first kappa shape index (κ1) is 20.0. The van der Waals surface area contributed by atoms with Gasteiger partial charge in [0, 0.05) is 17.3 Å². The summed E-state index contributed by atoms with van der Waals surface area (Å²) in [7, 11) is 0. The average molecular weight is 378 g/mol. The number of hydrogen-bond donors (Lipinski definition) is 4. The van der Waals surface area contributed by atoms with Gasteiger partial charge in [-0.15, -0.1) is 0 Å². The topological polar surface area (TPSA) is 91.5 Å². The van der Waals surface area contributed by atoms with Crippen LogP contribution in [0.2, 0.25) is 0 Å². The van der Waals surface area contributed by atoms with Crippen LogP contribution in [0.25, 0.3) is 0 Å². The Morgan fingerprint density at radius 3 is 2.27 bits per heavy atom. The highest BCUT2D eigenvalue weighted by Crippen LogP contribution is 2.17. The second kappa shape index (κ2) is 8.84. The third-order valence-electron chi connectivity index (χ3n) is 3.77. The number of hydrogen-bond acceptors (Lipinski definition) is 4. The average Bonchev–Trinajstić information content (AvgIpc) is 3.04. The fourth-order valence-electron chi connectivity index (χ4n) is 2.60. The van der Waals surface area contributed by atoms with E-state index in [1.54, 1.807) is 45.0 Å². The molecule has 2 rings (SSSR count). The molecule has 0 saturated heterocycles. The van der Waals surface area contributed by atoms with Gasteiger partial charge in [0.2, 0.25) is 0 Å². The Labute approximate surface area is 159 Å². The van der Waals surface area contributed by atoms with Gasteiger partial charge in [-0.2, -0.15) is 0 Å². The number of thiocarbonyl (C=S) groups is 1. The zero-order valence-corrected chi connectivity index (χ0v) is 16.2. The molecule has 1 aromatic carbocycles. The molecular weight excluding hydrogens is 352 g/mol. The monoisotopic (exact) mass is 378 g/mol. The molecule has 1 fully saturated rings. The number of rotatable bonds is 3. The van der Waals surface area contributed by atoms with E-state index in [1.165, 1.54) is 12.8 Å². The lowest BCUT2D eigenvalue weighted by Gasteiger charge is -2.19. The minimum atomic E-state index is -0.569. The van der Waals surface area contributed by atoms with Gasteiger partial charge in [-0.3, -0.25) is 21.0 Å². The highest BCUT2D eigenvalue weighted by Gasteiger charge is 2.17. The first-order valence-electron chi connectivity index (χ1n) is 8.70. The van der Waals surface area contributed by atoms with Crippen LogP contribution >= 0.6 is 12.2 Å². The summed E-state index contributed by atoms with van der Waals surface area (Å²) in [5.41, 5.74) is 5.69. The molecule has 0 bridgehead atoms. The standard InChI is InChI=1S/C18H26N4O3S/c1-18(2,3)25-17(24)20-14-10-8-12(9-11-14)15(23)21-22-16(26)19-13-6-4-5-7-13/h8-11,13H,4-7H2,1-3H3,(H,20,24)(H,21,23)(H2,19,22,26). The lowest BCUT2D eigenvalue weighted by Crippen LogP contribution is -2.49. The molecule has 0 unspecified atom stereocenters. The van der Waals surface area contributed by atoms with Gasteiger partial charge in [0.25, 0.3) is 5.91 Å². The number of carbonyl (C=O) groups excluding carboxylic acids is 2. The van der Waals surface area contributed by atoms with Crippen LogP contribution in [0.5, 0.6) is 0 Å². The molecule has 0 radical (unpaired) electrons. The van der Waals surface area contributed by atoms with E-state index < -0.39 is 11.7 Å². The number of hydrazine groups is 1. The second-order valence-electron chi connectivity index (χ2n) is 7.24. The molecule has 7 nitrogen and oxygen atoms in total. The summed E-state index contributed by atoms with van der Waals surface area (Å²) >= 11 is 5.17. The lowest BCUT2D eigenvalue weighted by atomic mass is 10.2. The molecule has 4 N–H and O–H groups in total. The van der Waals surface area contributed by atoms with E-state index in [0.29, 0.717) is 22.4 Å². The number of nitrogens with one attached hydrogen (secondary N) is 4. The largest absolute Gasteiger partial charge is 0.444 e. The van der Waals surface area contributed by atoms with E-state index >= 15 is 0 Å². The summed E-state index contributed by atoms with van der Waals surface area (Å²) in [6.45, 7) is 5.37. The van der Waals surface area contributed by atoms with Crippen LogP contribution in [-0.2, 0) is 4.74 Å². The third-order valence-corrected chi connectivity index (χ3v) is 3.99. The van der Waals surface area contributed by atoms with Gasteiger partial charge in [-0.05, 0) is 70.1 Å². The van der Waals surface area contributed by atoms with Crippen LogP contribution in [0, 0.1) is 0 Å². The maximum atomic E-state index is 12.1. The molecule has 0 aliphatic heterocycles. The van der Waals surface area contributed by atoms with Gasteiger partial charge in [0.15, 0.2) is 5.11 Å². The SMILES string of the molecule is CC(C)(C)OC(=O)Nc1ccc(C(=O)NNC(=S)NC2CCCC2)cc1. The minimum Gasteiger partial charge on any atom is -0.444 e. The van der Waals surface area contributed by atoms with Crippen LogP contribution in [0.1, 0.15) is 56.8 Å². The Kier molecular flexibility index (Phi) is 6.79. The van der Waals surface area contributed by atoms with E-state index in [9.17, 15) is 9.59 Å². The summed E-state index contributed by atoms with van der Waals surface area (Å²) in [5, 5.41) is 6.21. The summed E-state index contributed by atoms with van der Waals surface area (Å²) in [4.78, 5) is 23.9. The normalized spacial score (nSPS) is 14.4. The smallest absolute Gasteiger partial charge is 0.412 e. The van der Waals surface area contributed by atoms with Crippen LogP contribution in [-0.4, -0.2) is 28.8 Å². The molecule has 1 saturated carbocycles. The zero-order chi connectivity index (χ0) is 19.2. The van der Waals surface area contributed by atoms with E-state index in [2.05, 4.69) is 21.5 Å². The fourth-order valence-corrected chi connectivity index (χ4v) is 2.82. The zero-order valence-electron chi connectivity index (χ0n) is 15.3. The molecule has 142 valence electrons. The number of carbonyl (C=O) groups is 2. The Hall–Kier alpha value is -2.35. The van der Waals surface area contributed by atoms with Gasteiger partial charge in [-0.25, -0.2) is 4.79 Å². The number of ether oxygens (including phenoxy) is 1. The van der Waals surface area contributed by atoms with Gasteiger partial charge < -0.3 is 10.1 Å². The molecule has 0 aromatic heterocycles. The highest BCUT2D eigenvalue weighted by molar-refractivity contribution is 7.80. The number of amides is 2. The Bertz CT molecular complexity index is 649.